The van der Waals surface area contributed by atoms with Gasteiger partial charge in [0.15, 0.2) is 0 Å². The van der Waals surface area contributed by atoms with E-state index in [0.717, 1.165) is 12.8 Å². The minimum atomic E-state index is -0.549. The molecule has 0 aromatic rings. The molecule has 1 saturated carbocycles. The van der Waals surface area contributed by atoms with Gasteiger partial charge in [0.1, 0.15) is 0 Å². The summed E-state index contributed by atoms with van der Waals surface area (Å²) in [5.41, 5.74) is 5.76. The number of nitrogens with one attached hydrogen (secondary N) is 1. The van der Waals surface area contributed by atoms with E-state index in [0.29, 0.717) is 12.6 Å². The summed E-state index contributed by atoms with van der Waals surface area (Å²) >= 11 is 0. The molecule has 5 nitrogen and oxygen atoms in total. The van der Waals surface area contributed by atoms with E-state index < -0.39 is 6.04 Å². The van der Waals surface area contributed by atoms with Crippen molar-refractivity contribution in [1.29, 1.82) is 0 Å². The van der Waals surface area contributed by atoms with Crippen LogP contribution in [0.15, 0.2) is 0 Å². The number of carbonyl (C=O) groups excluding carboxylic acids is 2. The van der Waals surface area contributed by atoms with Crippen LogP contribution < -0.4 is 11.1 Å². The maximum atomic E-state index is 12.2. The summed E-state index contributed by atoms with van der Waals surface area (Å²) in [4.78, 5) is 25.9. The van der Waals surface area contributed by atoms with Gasteiger partial charge in [0.2, 0.25) is 11.8 Å². The normalized spacial score (nSPS) is 17.0. The van der Waals surface area contributed by atoms with E-state index in [-0.39, 0.29) is 36.7 Å². The van der Waals surface area contributed by atoms with Crippen LogP contribution in [0.1, 0.15) is 52.9 Å². The van der Waals surface area contributed by atoms with Crippen molar-refractivity contribution in [2.45, 2.75) is 65.0 Å². The zero-order valence-corrected chi connectivity index (χ0v) is 14.2. The number of rotatable bonds is 6. The molecule has 1 rings (SSSR count). The monoisotopic (exact) mass is 319 g/mol. The lowest BCUT2D eigenvalue weighted by Crippen LogP contribution is -2.50. The summed E-state index contributed by atoms with van der Waals surface area (Å²) in [6, 6.07) is -0.204. The van der Waals surface area contributed by atoms with E-state index in [9.17, 15) is 9.59 Å². The van der Waals surface area contributed by atoms with Crippen molar-refractivity contribution in [1.82, 2.24) is 10.2 Å². The van der Waals surface area contributed by atoms with Gasteiger partial charge in [-0.1, -0.05) is 33.1 Å². The Morgan fingerprint density at radius 3 is 2.29 bits per heavy atom. The molecule has 0 aliphatic heterocycles. The van der Waals surface area contributed by atoms with Gasteiger partial charge < -0.3 is 16.0 Å². The molecule has 21 heavy (non-hydrogen) atoms. The van der Waals surface area contributed by atoms with Crippen LogP contribution in [0.4, 0.5) is 0 Å². The molecule has 0 saturated heterocycles. The Bertz CT molecular complexity index is 331. The second-order valence-electron chi connectivity index (χ2n) is 5.96. The quantitative estimate of drug-likeness (QED) is 0.782. The molecule has 0 radical (unpaired) electrons. The van der Waals surface area contributed by atoms with E-state index in [4.69, 9.17) is 5.73 Å². The van der Waals surface area contributed by atoms with Gasteiger partial charge in [0.05, 0.1) is 12.6 Å². The van der Waals surface area contributed by atoms with Gasteiger partial charge >= 0.3 is 0 Å². The minimum Gasteiger partial charge on any atom is -0.346 e. The van der Waals surface area contributed by atoms with E-state index in [1.807, 2.05) is 25.7 Å². The molecule has 0 spiro atoms. The number of carbonyl (C=O) groups is 2. The molecular formula is C15H30ClN3O2. The topological polar surface area (TPSA) is 75.4 Å². The molecule has 2 amide bonds. The molecule has 1 aliphatic carbocycles. The lowest BCUT2D eigenvalue weighted by Gasteiger charge is -2.33. The summed E-state index contributed by atoms with van der Waals surface area (Å²) < 4.78 is 0. The minimum absolute atomic E-state index is 0. The molecule has 0 unspecified atom stereocenters. The van der Waals surface area contributed by atoms with E-state index in [1.165, 1.54) is 19.3 Å². The Labute approximate surface area is 134 Å². The standard InChI is InChI=1S/C15H29N3O2.ClH/c1-4-18(12-8-6-5-7-9-12)13(19)10-17-15(20)14(16)11(2)3;/h11-12,14H,4-10,16H2,1-3H3,(H,17,20);1H/t14-;/m0./s1. The zero-order valence-electron chi connectivity index (χ0n) is 13.4. The summed E-state index contributed by atoms with van der Waals surface area (Å²) in [7, 11) is 0. The number of likely N-dealkylation sites (N-methyl/N-ethyl adjacent to an activating group) is 1. The molecule has 1 fully saturated rings. The molecule has 6 heteroatoms. The molecule has 0 bridgehead atoms. The second-order valence-corrected chi connectivity index (χ2v) is 5.96. The van der Waals surface area contributed by atoms with Crippen LogP contribution in [0.2, 0.25) is 0 Å². The molecule has 0 heterocycles. The van der Waals surface area contributed by atoms with E-state index in [2.05, 4.69) is 5.32 Å². The van der Waals surface area contributed by atoms with Crippen molar-refractivity contribution in [2.24, 2.45) is 11.7 Å². The van der Waals surface area contributed by atoms with Crippen LogP contribution in [0.25, 0.3) is 0 Å². The third-order valence-corrected chi connectivity index (χ3v) is 4.11. The molecular weight excluding hydrogens is 290 g/mol. The Morgan fingerprint density at radius 1 is 1.24 bits per heavy atom. The first-order valence-electron chi connectivity index (χ1n) is 7.80. The van der Waals surface area contributed by atoms with Crippen LogP contribution in [0.5, 0.6) is 0 Å². The Morgan fingerprint density at radius 2 is 1.81 bits per heavy atom. The van der Waals surface area contributed by atoms with Gasteiger partial charge in [-0.2, -0.15) is 0 Å². The highest BCUT2D eigenvalue weighted by molar-refractivity contribution is 5.87. The van der Waals surface area contributed by atoms with Crippen LogP contribution in [0, 0.1) is 5.92 Å². The first kappa shape index (κ1) is 20.2. The van der Waals surface area contributed by atoms with Gasteiger partial charge in [-0.15, -0.1) is 12.4 Å². The maximum Gasteiger partial charge on any atom is 0.242 e. The van der Waals surface area contributed by atoms with Gasteiger partial charge in [0.25, 0.3) is 0 Å². The van der Waals surface area contributed by atoms with Gasteiger partial charge in [-0.25, -0.2) is 0 Å². The predicted molar refractivity (Wildman–Crippen MR) is 87.3 cm³/mol. The van der Waals surface area contributed by atoms with Crippen LogP contribution in [-0.4, -0.2) is 41.9 Å². The summed E-state index contributed by atoms with van der Waals surface area (Å²) in [6.45, 7) is 6.55. The number of nitrogens with two attached hydrogens (primary N) is 1. The second kappa shape index (κ2) is 10.0. The summed E-state index contributed by atoms with van der Waals surface area (Å²) in [5.74, 6) is -0.164. The van der Waals surface area contributed by atoms with Crippen molar-refractivity contribution in [2.75, 3.05) is 13.1 Å². The number of hydrogen-bond acceptors (Lipinski definition) is 3. The lowest BCUT2D eigenvalue weighted by molar-refractivity contribution is -0.135. The third kappa shape index (κ3) is 6.22. The molecule has 124 valence electrons. The zero-order chi connectivity index (χ0) is 15.1. The Hall–Kier alpha value is -0.810. The van der Waals surface area contributed by atoms with Crippen LogP contribution in [0.3, 0.4) is 0 Å². The smallest absolute Gasteiger partial charge is 0.242 e. The summed E-state index contributed by atoms with van der Waals surface area (Å²) in [6.07, 6.45) is 5.82. The van der Waals surface area contributed by atoms with Crippen molar-refractivity contribution in [3.63, 3.8) is 0 Å². The molecule has 0 aromatic heterocycles. The van der Waals surface area contributed by atoms with Crippen LogP contribution in [-0.2, 0) is 9.59 Å². The van der Waals surface area contributed by atoms with Gasteiger partial charge in [-0.05, 0) is 25.7 Å². The fraction of sp³-hybridized carbons (Fsp3) is 0.867. The van der Waals surface area contributed by atoms with Crippen molar-refractivity contribution < 1.29 is 9.59 Å². The molecule has 0 aromatic carbocycles. The number of amides is 2. The average Bonchev–Trinajstić information content (AvgIpc) is 2.45. The fourth-order valence-corrected chi connectivity index (χ4v) is 2.72. The highest BCUT2D eigenvalue weighted by Crippen LogP contribution is 2.22. The average molecular weight is 320 g/mol. The Balaban J connectivity index is 0.00000400. The fourth-order valence-electron chi connectivity index (χ4n) is 2.72. The predicted octanol–water partition coefficient (Wildman–Crippen LogP) is 1.69. The summed E-state index contributed by atoms with van der Waals surface area (Å²) in [5, 5.41) is 2.66. The van der Waals surface area contributed by atoms with Crippen molar-refractivity contribution >= 4 is 24.2 Å². The molecule has 1 atom stereocenters. The first-order valence-corrected chi connectivity index (χ1v) is 7.80. The third-order valence-electron chi connectivity index (χ3n) is 4.11. The molecule has 1 aliphatic rings. The lowest BCUT2D eigenvalue weighted by atomic mass is 9.94. The number of nitrogens with zero attached hydrogens (tertiary/aromatic N) is 1. The van der Waals surface area contributed by atoms with E-state index in [1.54, 1.807) is 0 Å². The maximum absolute atomic E-state index is 12.2. The Kier molecular flexibility index (Phi) is 9.62. The number of hydrogen-bond donors (Lipinski definition) is 2. The van der Waals surface area contributed by atoms with Gasteiger partial charge in [-0.3, -0.25) is 9.59 Å². The van der Waals surface area contributed by atoms with Crippen LogP contribution >= 0.6 is 12.4 Å². The SMILES string of the molecule is CCN(C(=O)CNC(=O)[C@@H](N)C(C)C)C1CCCCC1.Cl. The largest absolute Gasteiger partial charge is 0.346 e. The highest BCUT2D eigenvalue weighted by atomic mass is 35.5. The molecule has 3 N–H and O–H groups in total. The van der Waals surface area contributed by atoms with Crippen molar-refractivity contribution in [3.05, 3.63) is 0 Å². The van der Waals surface area contributed by atoms with E-state index >= 15 is 0 Å². The number of halogens is 1. The van der Waals surface area contributed by atoms with Crippen molar-refractivity contribution in [3.8, 4) is 0 Å². The van der Waals surface area contributed by atoms with Gasteiger partial charge in [0, 0.05) is 12.6 Å². The first-order chi connectivity index (χ1) is 9.47. The highest BCUT2D eigenvalue weighted by Gasteiger charge is 2.25.